The van der Waals surface area contributed by atoms with E-state index in [0.29, 0.717) is 24.2 Å². The summed E-state index contributed by atoms with van der Waals surface area (Å²) in [6, 6.07) is 17.7. The molecule has 1 aliphatic rings. The maximum absolute atomic E-state index is 13.0. The van der Waals surface area contributed by atoms with Gasteiger partial charge in [-0.3, -0.25) is 9.59 Å². The van der Waals surface area contributed by atoms with Crippen molar-refractivity contribution in [3.05, 3.63) is 71.9 Å². The van der Waals surface area contributed by atoms with Crippen LogP contribution in [0.3, 0.4) is 0 Å². The third-order valence-corrected chi connectivity index (χ3v) is 5.35. The van der Waals surface area contributed by atoms with Gasteiger partial charge in [0.05, 0.1) is 11.3 Å². The molecule has 2 aromatic carbocycles. The molecule has 0 atom stereocenters. The summed E-state index contributed by atoms with van der Waals surface area (Å²) >= 11 is 0. The molecule has 1 aromatic heterocycles. The molecule has 1 aliphatic heterocycles. The molecule has 6 heteroatoms. The minimum Gasteiger partial charge on any atom is -0.351 e. The molecular formula is C24H26N4O2. The summed E-state index contributed by atoms with van der Waals surface area (Å²) in [7, 11) is 0. The summed E-state index contributed by atoms with van der Waals surface area (Å²) in [6.45, 7) is 3.99. The van der Waals surface area contributed by atoms with Crippen molar-refractivity contribution < 1.29 is 9.59 Å². The lowest BCUT2D eigenvalue weighted by Crippen LogP contribution is -2.32. The van der Waals surface area contributed by atoms with Gasteiger partial charge in [-0.05, 0) is 38.0 Å². The van der Waals surface area contributed by atoms with E-state index < -0.39 is 0 Å². The number of carbonyl (C=O) groups excluding carboxylic acids is 2. The van der Waals surface area contributed by atoms with Crippen molar-refractivity contribution in [1.82, 2.24) is 20.0 Å². The van der Waals surface area contributed by atoms with E-state index in [1.807, 2.05) is 66.4 Å². The third kappa shape index (κ3) is 4.43. The van der Waals surface area contributed by atoms with Crippen molar-refractivity contribution >= 4 is 11.8 Å². The Balaban J connectivity index is 1.55. The maximum Gasteiger partial charge on any atom is 0.255 e. The maximum atomic E-state index is 13.0. The average molecular weight is 402 g/mol. The Morgan fingerprint density at radius 2 is 1.80 bits per heavy atom. The zero-order valence-electron chi connectivity index (χ0n) is 17.2. The van der Waals surface area contributed by atoms with Crippen LogP contribution in [0.1, 0.15) is 35.2 Å². The molecule has 0 bridgehead atoms. The Morgan fingerprint density at radius 1 is 1.03 bits per heavy atom. The van der Waals surface area contributed by atoms with Crippen molar-refractivity contribution in [3.8, 4) is 16.9 Å². The SMILES string of the molecule is Cc1cccc(-c2nn(-c3ccccc3)cc2C(=O)NCCC(=O)N2CCCC2)c1. The Labute approximate surface area is 176 Å². The first-order valence-electron chi connectivity index (χ1n) is 10.4. The van der Waals surface area contributed by atoms with Gasteiger partial charge in [0, 0.05) is 37.8 Å². The highest BCUT2D eigenvalue weighted by atomic mass is 16.2. The number of hydrogen-bond acceptors (Lipinski definition) is 3. The summed E-state index contributed by atoms with van der Waals surface area (Å²) in [5.41, 5.74) is 4.01. The van der Waals surface area contributed by atoms with Crippen LogP contribution in [-0.2, 0) is 4.79 Å². The van der Waals surface area contributed by atoms with Crippen LogP contribution in [0, 0.1) is 6.92 Å². The molecule has 0 unspecified atom stereocenters. The normalized spacial score (nSPS) is 13.4. The quantitative estimate of drug-likeness (QED) is 0.685. The van der Waals surface area contributed by atoms with Crippen LogP contribution >= 0.6 is 0 Å². The average Bonchev–Trinajstić information content (AvgIpc) is 3.45. The summed E-state index contributed by atoms with van der Waals surface area (Å²) in [4.78, 5) is 27.1. The number of rotatable bonds is 6. The zero-order valence-corrected chi connectivity index (χ0v) is 17.2. The van der Waals surface area contributed by atoms with Gasteiger partial charge in [0.25, 0.3) is 5.91 Å². The highest BCUT2D eigenvalue weighted by molar-refractivity contribution is 6.00. The Bertz CT molecular complexity index is 1040. The predicted octanol–water partition coefficient (Wildman–Crippen LogP) is 3.59. The van der Waals surface area contributed by atoms with Gasteiger partial charge in [-0.25, -0.2) is 4.68 Å². The number of para-hydroxylation sites is 1. The summed E-state index contributed by atoms with van der Waals surface area (Å²) < 4.78 is 1.72. The van der Waals surface area contributed by atoms with Crippen LogP contribution in [0.5, 0.6) is 0 Å². The molecule has 2 heterocycles. The summed E-state index contributed by atoms with van der Waals surface area (Å²) in [5.74, 6) is -0.116. The van der Waals surface area contributed by atoms with Gasteiger partial charge in [-0.1, -0.05) is 42.0 Å². The van der Waals surface area contributed by atoms with E-state index in [1.54, 1.807) is 10.9 Å². The number of aromatic nitrogens is 2. The van der Waals surface area contributed by atoms with E-state index in [9.17, 15) is 9.59 Å². The van der Waals surface area contributed by atoms with Crippen LogP contribution in [0.15, 0.2) is 60.8 Å². The Hall–Kier alpha value is -3.41. The summed E-state index contributed by atoms with van der Waals surface area (Å²) in [5, 5.41) is 7.60. The third-order valence-electron chi connectivity index (χ3n) is 5.35. The van der Waals surface area contributed by atoms with E-state index in [-0.39, 0.29) is 11.8 Å². The van der Waals surface area contributed by atoms with Gasteiger partial charge < -0.3 is 10.2 Å². The van der Waals surface area contributed by atoms with Crippen LogP contribution in [-0.4, -0.2) is 46.1 Å². The number of nitrogens with zero attached hydrogens (tertiary/aromatic N) is 3. The molecule has 1 fully saturated rings. The van der Waals surface area contributed by atoms with Gasteiger partial charge in [-0.15, -0.1) is 0 Å². The highest BCUT2D eigenvalue weighted by Gasteiger charge is 2.20. The fraction of sp³-hybridized carbons (Fsp3) is 0.292. The van der Waals surface area contributed by atoms with Crippen LogP contribution < -0.4 is 5.32 Å². The monoisotopic (exact) mass is 402 g/mol. The van der Waals surface area contributed by atoms with Crippen molar-refractivity contribution in [1.29, 1.82) is 0 Å². The van der Waals surface area contributed by atoms with Gasteiger partial charge in [-0.2, -0.15) is 5.10 Å². The van der Waals surface area contributed by atoms with E-state index in [4.69, 9.17) is 5.10 Å². The first-order chi connectivity index (χ1) is 14.6. The van der Waals surface area contributed by atoms with Crippen LogP contribution in [0.25, 0.3) is 16.9 Å². The lowest BCUT2D eigenvalue weighted by Gasteiger charge is -2.15. The van der Waals surface area contributed by atoms with Crippen molar-refractivity contribution in [3.63, 3.8) is 0 Å². The van der Waals surface area contributed by atoms with Crippen molar-refractivity contribution in [2.24, 2.45) is 0 Å². The fourth-order valence-corrected chi connectivity index (χ4v) is 3.76. The number of amides is 2. The number of carbonyl (C=O) groups is 2. The van der Waals surface area contributed by atoms with E-state index >= 15 is 0 Å². The molecule has 1 saturated heterocycles. The lowest BCUT2D eigenvalue weighted by molar-refractivity contribution is -0.129. The second kappa shape index (κ2) is 8.95. The van der Waals surface area contributed by atoms with Crippen molar-refractivity contribution in [2.45, 2.75) is 26.2 Å². The largest absolute Gasteiger partial charge is 0.351 e. The second-order valence-corrected chi connectivity index (χ2v) is 7.63. The van der Waals surface area contributed by atoms with Crippen LogP contribution in [0.2, 0.25) is 0 Å². The molecule has 2 amide bonds. The minimum absolute atomic E-state index is 0.103. The number of aryl methyl sites for hydroxylation is 1. The predicted molar refractivity (Wildman–Crippen MR) is 117 cm³/mol. The van der Waals surface area contributed by atoms with Gasteiger partial charge in [0.15, 0.2) is 0 Å². The molecule has 0 saturated carbocycles. The number of likely N-dealkylation sites (tertiary alicyclic amines) is 1. The molecule has 0 aliphatic carbocycles. The first-order valence-corrected chi connectivity index (χ1v) is 10.4. The molecule has 6 nitrogen and oxygen atoms in total. The van der Waals surface area contributed by atoms with E-state index in [0.717, 1.165) is 42.7 Å². The van der Waals surface area contributed by atoms with Crippen LogP contribution in [0.4, 0.5) is 0 Å². The molecule has 30 heavy (non-hydrogen) atoms. The first kappa shape index (κ1) is 19.9. The minimum atomic E-state index is -0.220. The molecule has 154 valence electrons. The highest BCUT2D eigenvalue weighted by Crippen LogP contribution is 2.24. The molecule has 1 N–H and O–H groups in total. The molecule has 0 radical (unpaired) electrons. The molecule has 0 spiro atoms. The molecule has 4 rings (SSSR count). The fourth-order valence-electron chi connectivity index (χ4n) is 3.76. The lowest BCUT2D eigenvalue weighted by atomic mass is 10.1. The topological polar surface area (TPSA) is 67.2 Å². The van der Waals surface area contributed by atoms with Gasteiger partial charge >= 0.3 is 0 Å². The molecular weight excluding hydrogens is 376 g/mol. The number of hydrogen-bond donors (Lipinski definition) is 1. The summed E-state index contributed by atoms with van der Waals surface area (Å²) in [6.07, 6.45) is 4.20. The Morgan fingerprint density at radius 3 is 2.53 bits per heavy atom. The Kier molecular flexibility index (Phi) is 5.93. The van der Waals surface area contributed by atoms with Gasteiger partial charge in [0.1, 0.15) is 5.69 Å². The van der Waals surface area contributed by atoms with Gasteiger partial charge in [0.2, 0.25) is 5.91 Å². The number of benzene rings is 2. The smallest absolute Gasteiger partial charge is 0.255 e. The van der Waals surface area contributed by atoms with Crippen molar-refractivity contribution in [2.75, 3.05) is 19.6 Å². The standard InChI is InChI=1S/C24H26N4O2/c1-18-8-7-9-19(16-18)23-21(17-28(26-23)20-10-3-2-4-11-20)24(30)25-13-12-22(29)27-14-5-6-15-27/h2-4,7-11,16-17H,5-6,12-15H2,1H3,(H,25,30). The van der Waals surface area contributed by atoms with E-state index in [2.05, 4.69) is 5.32 Å². The molecule has 3 aromatic rings. The second-order valence-electron chi connectivity index (χ2n) is 7.63. The zero-order chi connectivity index (χ0) is 20.9. The van der Waals surface area contributed by atoms with E-state index in [1.165, 1.54) is 0 Å². The number of nitrogens with one attached hydrogen (secondary N) is 1.